The molecule has 0 saturated carbocycles. The molecule has 2 aromatic carbocycles. The third-order valence-electron chi connectivity index (χ3n) is 4.51. The van der Waals surface area contributed by atoms with Crippen molar-refractivity contribution in [3.05, 3.63) is 64.4 Å². The van der Waals surface area contributed by atoms with Crippen LogP contribution >= 0.6 is 11.6 Å². The highest BCUT2D eigenvalue weighted by molar-refractivity contribution is 6.39. The average molecular weight is 377 g/mol. The van der Waals surface area contributed by atoms with Gasteiger partial charge in [-0.15, -0.1) is 0 Å². The van der Waals surface area contributed by atoms with Gasteiger partial charge in [-0.05, 0) is 48.1 Å². The van der Waals surface area contributed by atoms with E-state index >= 15 is 0 Å². The number of benzene rings is 2. The van der Waals surface area contributed by atoms with E-state index in [0.717, 1.165) is 23.6 Å². The van der Waals surface area contributed by atoms with Crippen LogP contribution in [0.15, 0.2) is 42.5 Å². The molecule has 0 heterocycles. The molecule has 1 aliphatic carbocycles. The van der Waals surface area contributed by atoms with Gasteiger partial charge in [0, 0.05) is 12.3 Å². The number of aliphatic hydroxyl groups excluding tert-OH is 1. The molecule has 2 atom stereocenters. The predicted octanol–water partition coefficient (Wildman–Crippen LogP) is 2.83. The molecule has 0 aromatic heterocycles. The number of fused-ring (bicyclic) bond motifs is 1. The Morgan fingerprint density at radius 3 is 2.69 bits per heavy atom. The predicted molar refractivity (Wildman–Crippen MR) is 96.3 cm³/mol. The quantitative estimate of drug-likeness (QED) is 0.718. The van der Waals surface area contributed by atoms with Crippen molar-refractivity contribution < 1.29 is 19.1 Å². The third kappa shape index (κ3) is 3.86. The van der Waals surface area contributed by atoms with E-state index < -0.39 is 17.6 Å². The van der Waals surface area contributed by atoms with E-state index in [4.69, 9.17) is 11.6 Å². The molecule has 3 rings (SSSR count). The number of carbonyl (C=O) groups excluding carboxylic acids is 2. The van der Waals surface area contributed by atoms with Gasteiger partial charge in [0.2, 0.25) is 0 Å². The minimum atomic E-state index is -0.890. The van der Waals surface area contributed by atoms with Gasteiger partial charge < -0.3 is 15.7 Å². The Balaban J connectivity index is 1.71. The summed E-state index contributed by atoms with van der Waals surface area (Å²) in [4.78, 5) is 24.5. The number of aliphatic hydroxyl groups is 1. The standard InChI is InChI=1S/C19H18ClFN2O3/c20-15-6-5-13(10-16(15)21)22-18(25)19(26)23-17-12(7-8-24)9-11-3-1-2-4-14(11)17/h1-6,10,12,17,24H,7-9H2,(H,22,25)(H,23,26). The minimum Gasteiger partial charge on any atom is -0.396 e. The fraction of sp³-hybridized carbons (Fsp3) is 0.263. The van der Waals surface area contributed by atoms with E-state index in [1.54, 1.807) is 0 Å². The Kier molecular flexibility index (Phi) is 5.54. The van der Waals surface area contributed by atoms with Crippen molar-refractivity contribution in [1.82, 2.24) is 5.32 Å². The van der Waals surface area contributed by atoms with Crippen LogP contribution in [0.2, 0.25) is 5.02 Å². The molecule has 5 nitrogen and oxygen atoms in total. The van der Waals surface area contributed by atoms with Gasteiger partial charge in [0.25, 0.3) is 0 Å². The van der Waals surface area contributed by atoms with E-state index in [2.05, 4.69) is 10.6 Å². The maximum Gasteiger partial charge on any atom is 0.313 e. The van der Waals surface area contributed by atoms with Gasteiger partial charge in [0.1, 0.15) is 5.82 Å². The molecule has 2 aromatic rings. The van der Waals surface area contributed by atoms with Crippen molar-refractivity contribution in [2.45, 2.75) is 18.9 Å². The van der Waals surface area contributed by atoms with Crippen LogP contribution in [0.3, 0.4) is 0 Å². The van der Waals surface area contributed by atoms with E-state index in [-0.39, 0.29) is 29.3 Å². The molecular weight excluding hydrogens is 359 g/mol. The number of amides is 2. The molecule has 136 valence electrons. The Hall–Kier alpha value is -2.44. The van der Waals surface area contributed by atoms with E-state index in [1.165, 1.54) is 12.1 Å². The summed E-state index contributed by atoms with van der Waals surface area (Å²) in [5, 5.41) is 14.3. The fourth-order valence-electron chi connectivity index (χ4n) is 3.28. The highest BCUT2D eigenvalue weighted by Crippen LogP contribution is 2.37. The monoisotopic (exact) mass is 376 g/mol. The first-order valence-corrected chi connectivity index (χ1v) is 8.63. The Morgan fingerprint density at radius 1 is 1.19 bits per heavy atom. The zero-order valence-electron chi connectivity index (χ0n) is 13.8. The lowest BCUT2D eigenvalue weighted by molar-refractivity contribution is -0.136. The molecule has 2 unspecified atom stereocenters. The molecule has 0 bridgehead atoms. The van der Waals surface area contributed by atoms with Crippen molar-refractivity contribution in [3.63, 3.8) is 0 Å². The minimum absolute atomic E-state index is 0.00126. The number of anilines is 1. The van der Waals surface area contributed by atoms with Crippen LogP contribution in [0.1, 0.15) is 23.6 Å². The number of nitrogens with one attached hydrogen (secondary N) is 2. The second-order valence-electron chi connectivity index (χ2n) is 6.21. The maximum absolute atomic E-state index is 13.5. The van der Waals surface area contributed by atoms with E-state index in [9.17, 15) is 19.1 Å². The SMILES string of the molecule is O=C(Nc1ccc(Cl)c(F)c1)C(=O)NC1c2ccccc2CC1CCO. The number of rotatable bonds is 4. The molecule has 0 saturated heterocycles. The molecule has 0 aliphatic heterocycles. The molecule has 3 N–H and O–H groups in total. The van der Waals surface area contributed by atoms with Gasteiger partial charge in [-0.2, -0.15) is 0 Å². The van der Waals surface area contributed by atoms with Crippen LogP contribution in [-0.4, -0.2) is 23.5 Å². The van der Waals surface area contributed by atoms with Crippen LogP contribution < -0.4 is 10.6 Å². The number of carbonyl (C=O) groups is 2. The summed E-state index contributed by atoms with van der Waals surface area (Å²) >= 11 is 5.60. The highest BCUT2D eigenvalue weighted by Gasteiger charge is 2.34. The first-order valence-electron chi connectivity index (χ1n) is 8.25. The zero-order valence-corrected chi connectivity index (χ0v) is 14.6. The summed E-state index contributed by atoms with van der Waals surface area (Å²) in [5.41, 5.74) is 2.19. The summed E-state index contributed by atoms with van der Waals surface area (Å²) in [6, 6.07) is 11.1. The summed E-state index contributed by atoms with van der Waals surface area (Å²) < 4.78 is 13.5. The van der Waals surface area contributed by atoms with Crippen molar-refractivity contribution in [3.8, 4) is 0 Å². The largest absolute Gasteiger partial charge is 0.396 e. The Morgan fingerprint density at radius 2 is 1.96 bits per heavy atom. The van der Waals surface area contributed by atoms with Gasteiger partial charge in [-0.3, -0.25) is 9.59 Å². The first-order chi connectivity index (χ1) is 12.5. The van der Waals surface area contributed by atoms with Crippen LogP contribution in [0.5, 0.6) is 0 Å². The lowest BCUT2D eigenvalue weighted by Crippen LogP contribution is -2.39. The van der Waals surface area contributed by atoms with Crippen LogP contribution in [-0.2, 0) is 16.0 Å². The smallest absolute Gasteiger partial charge is 0.313 e. The van der Waals surface area contributed by atoms with Crippen molar-refractivity contribution in [1.29, 1.82) is 0 Å². The highest BCUT2D eigenvalue weighted by atomic mass is 35.5. The van der Waals surface area contributed by atoms with Gasteiger partial charge in [-0.1, -0.05) is 35.9 Å². The fourth-order valence-corrected chi connectivity index (χ4v) is 3.39. The van der Waals surface area contributed by atoms with Gasteiger partial charge >= 0.3 is 11.8 Å². The van der Waals surface area contributed by atoms with Crippen molar-refractivity contribution in [2.75, 3.05) is 11.9 Å². The second kappa shape index (κ2) is 7.85. The van der Waals surface area contributed by atoms with Crippen LogP contribution in [0.4, 0.5) is 10.1 Å². The zero-order chi connectivity index (χ0) is 18.7. The molecule has 2 amide bonds. The molecule has 1 aliphatic rings. The Bertz CT molecular complexity index is 843. The maximum atomic E-state index is 13.5. The first kappa shape index (κ1) is 18.4. The summed E-state index contributed by atoms with van der Waals surface area (Å²) in [6.07, 6.45) is 1.25. The number of hydrogen-bond donors (Lipinski definition) is 3. The van der Waals surface area contributed by atoms with Crippen molar-refractivity contribution in [2.24, 2.45) is 5.92 Å². The van der Waals surface area contributed by atoms with E-state index in [0.29, 0.717) is 6.42 Å². The summed E-state index contributed by atoms with van der Waals surface area (Å²) in [5.74, 6) is -2.37. The van der Waals surface area contributed by atoms with Crippen LogP contribution in [0.25, 0.3) is 0 Å². The van der Waals surface area contributed by atoms with Crippen LogP contribution in [0, 0.1) is 11.7 Å². The topological polar surface area (TPSA) is 78.4 Å². The normalized spacial score (nSPS) is 18.3. The van der Waals surface area contributed by atoms with E-state index in [1.807, 2.05) is 24.3 Å². The summed E-state index contributed by atoms with van der Waals surface area (Å²) in [7, 11) is 0. The lowest BCUT2D eigenvalue weighted by atomic mass is 9.97. The average Bonchev–Trinajstić information content (AvgIpc) is 2.96. The van der Waals surface area contributed by atoms with Gasteiger partial charge in [0.15, 0.2) is 0 Å². The molecule has 0 spiro atoms. The molecule has 26 heavy (non-hydrogen) atoms. The summed E-state index contributed by atoms with van der Waals surface area (Å²) in [6.45, 7) is 0.00126. The van der Waals surface area contributed by atoms with Crippen molar-refractivity contribution >= 4 is 29.1 Å². The Labute approximate surface area is 155 Å². The second-order valence-corrected chi connectivity index (χ2v) is 6.62. The third-order valence-corrected chi connectivity index (χ3v) is 4.82. The molecular formula is C19H18ClFN2O3. The molecule has 7 heteroatoms. The van der Waals surface area contributed by atoms with Gasteiger partial charge in [-0.25, -0.2) is 4.39 Å². The number of hydrogen-bond acceptors (Lipinski definition) is 3. The van der Waals surface area contributed by atoms with Gasteiger partial charge in [0.05, 0.1) is 11.1 Å². The number of halogens is 2. The molecule has 0 radical (unpaired) electrons. The lowest BCUT2D eigenvalue weighted by Gasteiger charge is -2.21. The molecule has 0 fully saturated rings.